The number of rotatable bonds is 2. The number of nitrogens with zero attached hydrogens (tertiary/aromatic N) is 1. The summed E-state index contributed by atoms with van der Waals surface area (Å²) in [6.07, 6.45) is 0.868. The number of hydrogen-bond donors (Lipinski definition) is 0. The molecular weight excluding hydrogens is 282 g/mol. The van der Waals surface area contributed by atoms with Crippen molar-refractivity contribution in [1.82, 2.24) is 0 Å². The number of hydrogen-bond acceptors (Lipinski definition) is 3. The molecule has 0 saturated carbocycles. The molecule has 0 aliphatic carbocycles. The third kappa shape index (κ3) is 2.63. The quantitative estimate of drug-likeness (QED) is 0.786. The zero-order valence-electron chi connectivity index (χ0n) is 10.1. The molecular formula is C13H16BrNO2. The number of carbonyl (C=O) groups excluding carboxylic acids is 1. The lowest BCUT2D eigenvalue weighted by molar-refractivity contribution is -0.144. The first-order valence-electron chi connectivity index (χ1n) is 5.70. The van der Waals surface area contributed by atoms with Gasteiger partial charge in [0.05, 0.1) is 18.7 Å². The molecule has 92 valence electrons. The fourth-order valence-corrected chi connectivity index (χ4v) is 2.95. The van der Waals surface area contributed by atoms with Crippen molar-refractivity contribution in [2.45, 2.75) is 13.3 Å². The minimum atomic E-state index is -0.101. The van der Waals surface area contributed by atoms with Gasteiger partial charge in [-0.25, -0.2) is 0 Å². The number of halogens is 1. The predicted molar refractivity (Wildman–Crippen MR) is 71.2 cm³/mol. The standard InChI is InChI=1S/C13H16BrNO2/c1-9-3-4-12(11(14)7-9)15-6-5-10(8-15)13(16)17-2/h3-4,7,10H,5-6,8H2,1-2H3. The van der Waals surface area contributed by atoms with E-state index in [1.54, 1.807) is 0 Å². The van der Waals surface area contributed by atoms with E-state index in [1.165, 1.54) is 12.7 Å². The molecule has 0 aromatic heterocycles. The number of benzene rings is 1. The van der Waals surface area contributed by atoms with Crippen LogP contribution in [0.25, 0.3) is 0 Å². The molecule has 2 rings (SSSR count). The number of anilines is 1. The summed E-state index contributed by atoms with van der Waals surface area (Å²) >= 11 is 3.57. The van der Waals surface area contributed by atoms with Crippen LogP contribution in [0.15, 0.2) is 22.7 Å². The third-order valence-corrected chi connectivity index (χ3v) is 3.80. The molecule has 0 spiro atoms. The zero-order valence-corrected chi connectivity index (χ0v) is 11.7. The maximum absolute atomic E-state index is 11.5. The lowest BCUT2D eigenvalue weighted by Crippen LogP contribution is -2.23. The Morgan fingerprint density at radius 3 is 2.94 bits per heavy atom. The molecule has 1 saturated heterocycles. The van der Waals surface area contributed by atoms with Gasteiger partial charge in [-0.1, -0.05) is 6.07 Å². The topological polar surface area (TPSA) is 29.5 Å². The Morgan fingerprint density at radius 2 is 2.29 bits per heavy atom. The van der Waals surface area contributed by atoms with E-state index >= 15 is 0 Å². The predicted octanol–water partition coefficient (Wildman–Crippen LogP) is 2.76. The van der Waals surface area contributed by atoms with Crippen LogP contribution in [-0.2, 0) is 9.53 Å². The van der Waals surface area contributed by atoms with Gasteiger partial charge in [0.2, 0.25) is 0 Å². The zero-order chi connectivity index (χ0) is 12.4. The van der Waals surface area contributed by atoms with E-state index in [1.807, 2.05) is 0 Å². The molecule has 1 aromatic carbocycles. The van der Waals surface area contributed by atoms with Gasteiger partial charge >= 0.3 is 5.97 Å². The molecule has 1 aliphatic rings. The number of aryl methyl sites for hydroxylation is 1. The second-order valence-corrected chi connectivity index (χ2v) is 5.26. The highest BCUT2D eigenvalue weighted by atomic mass is 79.9. The summed E-state index contributed by atoms with van der Waals surface area (Å²) in [5, 5.41) is 0. The molecule has 0 amide bonds. The van der Waals surface area contributed by atoms with Crippen molar-refractivity contribution in [2.24, 2.45) is 5.92 Å². The Bertz CT molecular complexity index is 433. The maximum Gasteiger partial charge on any atom is 0.310 e. The molecule has 4 heteroatoms. The summed E-state index contributed by atoms with van der Waals surface area (Å²) in [6, 6.07) is 6.28. The van der Waals surface area contributed by atoms with Crippen LogP contribution in [-0.4, -0.2) is 26.2 Å². The highest BCUT2D eigenvalue weighted by Crippen LogP contribution is 2.31. The normalized spacial score (nSPS) is 19.5. The van der Waals surface area contributed by atoms with Crippen LogP contribution in [0.5, 0.6) is 0 Å². The fourth-order valence-electron chi connectivity index (χ4n) is 2.21. The minimum absolute atomic E-state index is 0.00760. The molecule has 1 unspecified atom stereocenters. The smallest absolute Gasteiger partial charge is 0.310 e. The molecule has 1 fully saturated rings. The molecule has 17 heavy (non-hydrogen) atoms. The molecule has 1 heterocycles. The van der Waals surface area contributed by atoms with Crippen molar-refractivity contribution in [1.29, 1.82) is 0 Å². The maximum atomic E-state index is 11.5. The van der Waals surface area contributed by atoms with Gasteiger partial charge in [0.25, 0.3) is 0 Å². The van der Waals surface area contributed by atoms with Gasteiger partial charge < -0.3 is 9.64 Å². The summed E-state index contributed by atoms with van der Waals surface area (Å²) in [7, 11) is 1.45. The molecule has 3 nitrogen and oxygen atoms in total. The van der Waals surface area contributed by atoms with Crippen molar-refractivity contribution in [2.75, 3.05) is 25.1 Å². The van der Waals surface area contributed by atoms with Crippen LogP contribution in [0.3, 0.4) is 0 Å². The fraction of sp³-hybridized carbons (Fsp3) is 0.462. The summed E-state index contributed by atoms with van der Waals surface area (Å²) in [5.74, 6) is -0.0936. The van der Waals surface area contributed by atoms with E-state index in [2.05, 4.69) is 46.0 Å². The summed E-state index contributed by atoms with van der Waals surface area (Å²) in [6.45, 7) is 3.71. The number of ether oxygens (including phenoxy) is 1. The summed E-state index contributed by atoms with van der Waals surface area (Å²) in [5.41, 5.74) is 2.38. The molecule has 0 bridgehead atoms. The largest absolute Gasteiger partial charge is 0.469 e. The monoisotopic (exact) mass is 297 g/mol. The van der Waals surface area contributed by atoms with Gasteiger partial charge in [-0.15, -0.1) is 0 Å². The van der Waals surface area contributed by atoms with E-state index in [4.69, 9.17) is 4.74 Å². The van der Waals surface area contributed by atoms with Crippen molar-refractivity contribution in [3.05, 3.63) is 28.2 Å². The first-order chi connectivity index (χ1) is 8.11. The molecule has 1 atom stereocenters. The van der Waals surface area contributed by atoms with Gasteiger partial charge in [0.15, 0.2) is 0 Å². The van der Waals surface area contributed by atoms with Gasteiger partial charge in [0.1, 0.15) is 0 Å². The highest BCUT2D eigenvalue weighted by molar-refractivity contribution is 9.10. The molecule has 0 radical (unpaired) electrons. The summed E-state index contributed by atoms with van der Waals surface area (Å²) < 4.78 is 5.88. The molecule has 1 aliphatic heterocycles. The van der Waals surface area contributed by atoms with Crippen LogP contribution >= 0.6 is 15.9 Å². The average molecular weight is 298 g/mol. The van der Waals surface area contributed by atoms with Crippen molar-refractivity contribution in [3.63, 3.8) is 0 Å². The van der Waals surface area contributed by atoms with Crippen LogP contribution in [0.1, 0.15) is 12.0 Å². The molecule has 1 aromatic rings. The third-order valence-electron chi connectivity index (χ3n) is 3.17. The SMILES string of the molecule is COC(=O)C1CCN(c2ccc(C)cc2Br)C1. The van der Waals surface area contributed by atoms with Gasteiger partial charge in [-0.2, -0.15) is 0 Å². The number of carbonyl (C=O) groups is 1. The summed E-state index contributed by atoms with van der Waals surface area (Å²) in [4.78, 5) is 13.7. The van der Waals surface area contributed by atoms with Crippen molar-refractivity contribution < 1.29 is 9.53 Å². The Kier molecular flexibility index (Phi) is 3.72. The van der Waals surface area contributed by atoms with Crippen LogP contribution in [0, 0.1) is 12.8 Å². The number of methoxy groups -OCH3 is 1. The Hall–Kier alpha value is -1.03. The molecule has 0 N–H and O–H groups in total. The Labute approximate surface area is 110 Å². The van der Waals surface area contributed by atoms with Crippen molar-refractivity contribution >= 4 is 27.6 Å². The second-order valence-electron chi connectivity index (χ2n) is 4.41. The van der Waals surface area contributed by atoms with E-state index in [-0.39, 0.29) is 11.9 Å². The lowest BCUT2D eigenvalue weighted by Gasteiger charge is -2.20. The second kappa shape index (κ2) is 5.08. The van der Waals surface area contributed by atoms with Gasteiger partial charge in [0, 0.05) is 17.6 Å². The lowest BCUT2D eigenvalue weighted by atomic mass is 10.1. The number of esters is 1. The highest BCUT2D eigenvalue weighted by Gasteiger charge is 2.29. The Balaban J connectivity index is 2.12. The van der Waals surface area contributed by atoms with E-state index in [9.17, 15) is 4.79 Å². The van der Waals surface area contributed by atoms with Crippen LogP contribution in [0.2, 0.25) is 0 Å². The van der Waals surface area contributed by atoms with Gasteiger partial charge in [-0.05, 0) is 47.0 Å². The Morgan fingerprint density at radius 1 is 1.53 bits per heavy atom. The first kappa shape index (κ1) is 12.4. The van der Waals surface area contributed by atoms with E-state index < -0.39 is 0 Å². The van der Waals surface area contributed by atoms with E-state index in [0.717, 1.165) is 29.7 Å². The van der Waals surface area contributed by atoms with Crippen LogP contribution in [0.4, 0.5) is 5.69 Å². The average Bonchev–Trinajstić information content (AvgIpc) is 2.77. The van der Waals surface area contributed by atoms with E-state index in [0.29, 0.717) is 0 Å². The minimum Gasteiger partial charge on any atom is -0.469 e. The van der Waals surface area contributed by atoms with Crippen LogP contribution < -0.4 is 4.90 Å². The van der Waals surface area contributed by atoms with Gasteiger partial charge in [-0.3, -0.25) is 4.79 Å². The van der Waals surface area contributed by atoms with Crippen molar-refractivity contribution in [3.8, 4) is 0 Å². The first-order valence-corrected chi connectivity index (χ1v) is 6.50.